The molecule has 2 atom stereocenters. The molecule has 0 aromatic heterocycles. The van der Waals surface area contributed by atoms with Crippen LogP contribution < -0.4 is 4.89 Å². The Morgan fingerprint density at radius 2 is 2.18 bits per heavy atom. The van der Waals surface area contributed by atoms with Gasteiger partial charge < -0.3 is 18.7 Å². The molecule has 0 aliphatic carbocycles. The average molecular weight is 231 g/mol. The van der Waals surface area contributed by atoms with Crippen molar-refractivity contribution in [2.75, 3.05) is 13.7 Å². The number of hydrogen-bond acceptors (Lipinski definition) is 4. The van der Waals surface area contributed by atoms with Crippen LogP contribution in [0.3, 0.4) is 0 Å². The predicted octanol–water partition coefficient (Wildman–Crippen LogP) is 0.175. The maximum atomic E-state index is 9.88. The molecule has 0 fully saturated rings. The van der Waals surface area contributed by atoms with Gasteiger partial charge in [-0.25, -0.2) is 0 Å². The summed E-state index contributed by atoms with van der Waals surface area (Å²) in [6.07, 6.45) is 0.663. The molecule has 0 aromatic rings. The number of rotatable bonds is 5. The van der Waals surface area contributed by atoms with Gasteiger partial charge in [0.05, 0.1) is 12.7 Å². The zero-order chi connectivity index (χ0) is 7.98. The molecule has 0 spiro atoms. The molecule has 0 aromatic carbocycles. The van der Waals surface area contributed by atoms with Gasteiger partial charge in [-0.2, -0.15) is 0 Å². The van der Waals surface area contributed by atoms with Gasteiger partial charge in [-0.05, 0) is 13.3 Å². The van der Waals surface area contributed by atoms with Crippen molar-refractivity contribution in [2.24, 2.45) is 0 Å². The first-order valence-corrected chi connectivity index (χ1v) is 4.26. The van der Waals surface area contributed by atoms with Crippen molar-refractivity contribution in [3.63, 3.8) is 0 Å². The Balaban J connectivity index is 0. The summed E-state index contributed by atoms with van der Waals surface area (Å²) in [6, 6.07) is 0. The quantitative estimate of drug-likeness (QED) is 0.499. The van der Waals surface area contributed by atoms with Crippen molar-refractivity contribution in [3.8, 4) is 0 Å². The second-order valence-corrected chi connectivity index (χ2v) is 2.72. The first-order valence-electron chi connectivity index (χ1n) is 3.03. The molecule has 0 aliphatic rings. The molecule has 11 heavy (non-hydrogen) atoms. The largest absolute Gasteiger partial charge is 1.00 e. The van der Waals surface area contributed by atoms with Crippen molar-refractivity contribution in [3.05, 3.63) is 0 Å². The second kappa shape index (κ2) is 8.72. The van der Waals surface area contributed by atoms with E-state index in [0.29, 0.717) is 6.42 Å². The van der Waals surface area contributed by atoms with E-state index < -0.39 is 8.25 Å². The smallest absolute Gasteiger partial charge is 0.781 e. The number of ether oxygens (including phenoxy) is 1. The van der Waals surface area contributed by atoms with Crippen LogP contribution >= 0.6 is 8.25 Å². The van der Waals surface area contributed by atoms with E-state index in [-0.39, 0.29) is 29.8 Å². The van der Waals surface area contributed by atoms with Gasteiger partial charge in [-0.1, -0.05) is 0 Å². The van der Waals surface area contributed by atoms with Crippen LogP contribution in [-0.2, 0) is 30.9 Å². The molecule has 0 heterocycles. The minimum absolute atomic E-state index is 0. The molecular formula is C5H12CuO4P. The Morgan fingerprint density at radius 1 is 1.64 bits per heavy atom. The van der Waals surface area contributed by atoms with Crippen LogP contribution in [0.5, 0.6) is 0 Å². The van der Waals surface area contributed by atoms with E-state index >= 15 is 0 Å². The fourth-order valence-electron chi connectivity index (χ4n) is 0.426. The minimum atomic E-state index is -2.99. The van der Waals surface area contributed by atoms with Gasteiger partial charge in [0.1, 0.15) is 8.25 Å². The van der Waals surface area contributed by atoms with Crippen LogP contribution in [-0.4, -0.2) is 19.8 Å². The summed E-state index contributed by atoms with van der Waals surface area (Å²) >= 11 is 0. The van der Waals surface area contributed by atoms with Crippen molar-refractivity contribution >= 4 is 8.25 Å². The van der Waals surface area contributed by atoms with Crippen LogP contribution in [0, 0.1) is 0 Å². The molecular weight excluding hydrogens is 219 g/mol. The van der Waals surface area contributed by atoms with E-state index in [9.17, 15) is 9.46 Å². The normalized spacial score (nSPS) is 15.2. The van der Waals surface area contributed by atoms with Gasteiger partial charge in [-0.3, -0.25) is 0 Å². The van der Waals surface area contributed by atoms with Gasteiger partial charge >= 0.3 is 17.1 Å². The van der Waals surface area contributed by atoms with Crippen LogP contribution in [0.1, 0.15) is 13.3 Å². The van der Waals surface area contributed by atoms with E-state index in [2.05, 4.69) is 4.52 Å². The summed E-state index contributed by atoms with van der Waals surface area (Å²) in [5.41, 5.74) is 0. The van der Waals surface area contributed by atoms with Gasteiger partial charge in [0.25, 0.3) is 0 Å². The van der Waals surface area contributed by atoms with Crippen LogP contribution in [0.25, 0.3) is 0 Å². The molecule has 0 saturated carbocycles. The van der Waals surface area contributed by atoms with Crippen LogP contribution in [0.4, 0.5) is 0 Å². The summed E-state index contributed by atoms with van der Waals surface area (Å²) in [4.78, 5) is 9.88. The van der Waals surface area contributed by atoms with Gasteiger partial charge in [-0.15, -0.1) is 0 Å². The molecule has 2 unspecified atom stereocenters. The first-order chi connectivity index (χ1) is 4.66. The Kier molecular flexibility index (Phi) is 11.2. The third-order valence-corrected chi connectivity index (χ3v) is 1.59. The number of methoxy groups -OCH3 is 1. The fourth-order valence-corrected chi connectivity index (χ4v) is 0.711. The molecule has 0 rings (SSSR count). The fraction of sp³-hybridized carbons (Fsp3) is 1.00. The molecule has 0 N–H and O–H groups in total. The summed E-state index contributed by atoms with van der Waals surface area (Å²) in [5.74, 6) is 0. The van der Waals surface area contributed by atoms with Crippen molar-refractivity contribution in [1.29, 1.82) is 0 Å². The van der Waals surface area contributed by atoms with E-state index in [4.69, 9.17) is 4.74 Å². The standard InChI is InChI=1S/C5H13O4P.Cu/c1-5(8-2)3-4-9-10(6)7;/h5,10H,3-4H2,1-2H3,(H,6,7);/q;+1/p-1. The van der Waals surface area contributed by atoms with Crippen molar-refractivity contribution < 1.29 is 35.8 Å². The Labute approximate surface area is 77.7 Å². The molecule has 0 radical (unpaired) electrons. The monoisotopic (exact) mass is 230 g/mol. The summed E-state index contributed by atoms with van der Waals surface area (Å²) < 4.78 is 19.1. The average Bonchev–Trinajstić information content (AvgIpc) is 1.87. The zero-order valence-corrected chi connectivity index (χ0v) is 8.37. The third-order valence-electron chi connectivity index (χ3n) is 1.15. The maximum absolute atomic E-state index is 9.88. The minimum Gasteiger partial charge on any atom is -0.781 e. The molecule has 0 bridgehead atoms. The van der Waals surface area contributed by atoms with E-state index in [1.807, 2.05) is 6.92 Å². The van der Waals surface area contributed by atoms with E-state index in [1.165, 1.54) is 0 Å². The molecule has 0 saturated heterocycles. The molecule has 0 amide bonds. The van der Waals surface area contributed by atoms with Gasteiger partial charge in [0.15, 0.2) is 0 Å². The van der Waals surface area contributed by atoms with Crippen molar-refractivity contribution in [1.82, 2.24) is 0 Å². The second-order valence-electron chi connectivity index (χ2n) is 1.93. The SMILES string of the molecule is COC(C)CCO[PH](=O)[O-].[Cu+]. The summed E-state index contributed by atoms with van der Waals surface area (Å²) in [6.45, 7) is 2.07. The summed E-state index contributed by atoms with van der Waals surface area (Å²) in [7, 11) is -1.42. The predicted molar refractivity (Wildman–Crippen MR) is 36.0 cm³/mol. The van der Waals surface area contributed by atoms with Crippen molar-refractivity contribution in [2.45, 2.75) is 19.4 Å². The molecule has 72 valence electrons. The van der Waals surface area contributed by atoms with E-state index in [1.54, 1.807) is 7.11 Å². The Hall–Kier alpha value is 0.629. The Bertz CT molecular complexity index is 111. The maximum Gasteiger partial charge on any atom is 1.00 e. The zero-order valence-electron chi connectivity index (χ0n) is 6.43. The molecule has 0 aliphatic heterocycles. The molecule has 4 nitrogen and oxygen atoms in total. The van der Waals surface area contributed by atoms with Crippen LogP contribution in [0.2, 0.25) is 0 Å². The third kappa shape index (κ3) is 10.6. The van der Waals surface area contributed by atoms with Gasteiger partial charge in [0.2, 0.25) is 0 Å². The summed E-state index contributed by atoms with van der Waals surface area (Å²) in [5, 5.41) is 0. The van der Waals surface area contributed by atoms with Crippen LogP contribution in [0.15, 0.2) is 0 Å². The van der Waals surface area contributed by atoms with Gasteiger partial charge in [0, 0.05) is 7.11 Å². The Morgan fingerprint density at radius 3 is 2.55 bits per heavy atom. The number of hydrogen-bond donors (Lipinski definition) is 0. The topological polar surface area (TPSA) is 58.6 Å². The first kappa shape index (κ1) is 14.2. The molecule has 6 heteroatoms. The van der Waals surface area contributed by atoms with E-state index in [0.717, 1.165) is 0 Å².